The monoisotopic (exact) mass is 230 g/mol. The molecule has 0 N–H and O–H groups in total. The highest BCUT2D eigenvalue weighted by molar-refractivity contribution is 5.86. The maximum atomic E-state index is 8.99. The van der Waals surface area contributed by atoms with Crippen LogP contribution < -0.4 is 4.74 Å². The molecule has 4 nitrogen and oxygen atoms in total. The van der Waals surface area contributed by atoms with Crippen LogP contribution in [0.2, 0.25) is 0 Å². The lowest BCUT2D eigenvalue weighted by Crippen LogP contribution is -2.19. The van der Waals surface area contributed by atoms with Gasteiger partial charge in [-0.05, 0) is 26.2 Å². The Kier molecular flexibility index (Phi) is 3.31. The van der Waals surface area contributed by atoms with Crippen LogP contribution in [0.15, 0.2) is 28.7 Å². The Bertz CT molecular complexity index is 552. The number of benzene rings is 1. The average molecular weight is 230 g/mol. The van der Waals surface area contributed by atoms with Crippen LogP contribution in [-0.2, 0) is 0 Å². The quantitative estimate of drug-likeness (QED) is 0.808. The van der Waals surface area contributed by atoms with Crippen LogP contribution in [0.4, 0.5) is 0 Å². The van der Waals surface area contributed by atoms with Gasteiger partial charge in [-0.2, -0.15) is 5.26 Å². The van der Waals surface area contributed by atoms with Gasteiger partial charge in [0.05, 0.1) is 5.39 Å². The SMILES string of the molecule is CN(C)CCOc1c(C#N)oc2ccccc12. The van der Waals surface area contributed by atoms with E-state index in [1.165, 1.54) is 0 Å². The summed E-state index contributed by atoms with van der Waals surface area (Å²) in [5, 5.41) is 9.84. The van der Waals surface area contributed by atoms with Crippen molar-refractivity contribution in [2.24, 2.45) is 0 Å². The molecule has 0 saturated heterocycles. The highest BCUT2D eigenvalue weighted by Gasteiger charge is 2.14. The van der Waals surface area contributed by atoms with Crippen molar-refractivity contribution in [3.8, 4) is 11.8 Å². The van der Waals surface area contributed by atoms with Gasteiger partial charge in [-0.3, -0.25) is 0 Å². The van der Waals surface area contributed by atoms with Gasteiger partial charge in [0.15, 0.2) is 5.75 Å². The van der Waals surface area contributed by atoms with Gasteiger partial charge in [-0.15, -0.1) is 0 Å². The minimum atomic E-state index is 0.241. The normalized spacial score (nSPS) is 10.7. The Morgan fingerprint density at radius 3 is 2.82 bits per heavy atom. The fraction of sp³-hybridized carbons (Fsp3) is 0.308. The van der Waals surface area contributed by atoms with Crippen LogP contribution in [-0.4, -0.2) is 32.1 Å². The van der Waals surface area contributed by atoms with Crippen molar-refractivity contribution in [1.29, 1.82) is 5.26 Å². The van der Waals surface area contributed by atoms with Crippen molar-refractivity contribution >= 4 is 11.0 Å². The van der Waals surface area contributed by atoms with E-state index in [4.69, 9.17) is 14.4 Å². The molecule has 0 spiro atoms. The van der Waals surface area contributed by atoms with Crippen LogP contribution in [0, 0.1) is 11.3 Å². The summed E-state index contributed by atoms with van der Waals surface area (Å²) < 4.78 is 11.0. The predicted octanol–water partition coefficient (Wildman–Crippen LogP) is 2.24. The van der Waals surface area contributed by atoms with E-state index in [-0.39, 0.29) is 5.76 Å². The van der Waals surface area contributed by atoms with Gasteiger partial charge in [-0.25, -0.2) is 0 Å². The van der Waals surface area contributed by atoms with Crippen LogP contribution in [0.3, 0.4) is 0 Å². The zero-order valence-corrected chi connectivity index (χ0v) is 9.93. The molecule has 0 bridgehead atoms. The summed E-state index contributed by atoms with van der Waals surface area (Å²) in [5.41, 5.74) is 0.684. The number of nitriles is 1. The summed E-state index contributed by atoms with van der Waals surface area (Å²) in [5.74, 6) is 0.787. The van der Waals surface area contributed by atoms with Crippen molar-refractivity contribution in [3.63, 3.8) is 0 Å². The lowest BCUT2D eigenvalue weighted by molar-refractivity contribution is 0.260. The highest BCUT2D eigenvalue weighted by Crippen LogP contribution is 2.32. The second kappa shape index (κ2) is 4.89. The summed E-state index contributed by atoms with van der Waals surface area (Å²) in [6.07, 6.45) is 0. The Labute approximate surface area is 100.0 Å². The molecule has 88 valence electrons. The van der Waals surface area contributed by atoms with Crippen molar-refractivity contribution in [2.45, 2.75) is 0 Å². The molecule has 0 aliphatic heterocycles. The third-order valence-electron chi connectivity index (χ3n) is 2.44. The van der Waals surface area contributed by atoms with E-state index in [2.05, 4.69) is 0 Å². The van der Waals surface area contributed by atoms with Crippen molar-refractivity contribution in [3.05, 3.63) is 30.0 Å². The van der Waals surface area contributed by atoms with Gasteiger partial charge in [0.2, 0.25) is 5.76 Å². The Morgan fingerprint density at radius 1 is 1.35 bits per heavy atom. The Morgan fingerprint density at radius 2 is 2.12 bits per heavy atom. The second-order valence-electron chi connectivity index (χ2n) is 4.02. The molecule has 1 heterocycles. The molecule has 0 saturated carbocycles. The molecule has 1 aromatic heterocycles. The van der Waals surface area contributed by atoms with E-state index < -0.39 is 0 Å². The lowest BCUT2D eigenvalue weighted by atomic mass is 10.2. The largest absolute Gasteiger partial charge is 0.487 e. The number of furan rings is 1. The number of hydrogen-bond acceptors (Lipinski definition) is 4. The molecule has 0 atom stereocenters. The molecule has 0 radical (unpaired) electrons. The van der Waals surface area contributed by atoms with E-state index in [0.29, 0.717) is 17.9 Å². The first-order chi connectivity index (χ1) is 8.22. The van der Waals surface area contributed by atoms with Gasteiger partial charge in [0.1, 0.15) is 18.3 Å². The number of rotatable bonds is 4. The molecule has 2 aromatic rings. The van der Waals surface area contributed by atoms with Crippen molar-refractivity contribution in [1.82, 2.24) is 4.90 Å². The fourth-order valence-corrected chi connectivity index (χ4v) is 1.57. The first kappa shape index (κ1) is 11.5. The van der Waals surface area contributed by atoms with Crippen LogP contribution in [0.1, 0.15) is 5.76 Å². The zero-order valence-electron chi connectivity index (χ0n) is 9.93. The average Bonchev–Trinajstić information content (AvgIpc) is 2.67. The molecule has 4 heteroatoms. The summed E-state index contributed by atoms with van der Waals surface area (Å²) >= 11 is 0. The number of ether oxygens (including phenoxy) is 1. The second-order valence-corrected chi connectivity index (χ2v) is 4.02. The number of hydrogen-bond donors (Lipinski definition) is 0. The molecule has 0 amide bonds. The van der Waals surface area contributed by atoms with Gasteiger partial charge in [-0.1, -0.05) is 12.1 Å². The molecular formula is C13H14N2O2. The third-order valence-corrected chi connectivity index (χ3v) is 2.44. The number of likely N-dealkylation sites (N-methyl/N-ethyl adjacent to an activating group) is 1. The van der Waals surface area contributed by atoms with Crippen LogP contribution in [0.25, 0.3) is 11.0 Å². The van der Waals surface area contributed by atoms with E-state index in [0.717, 1.165) is 11.9 Å². The maximum absolute atomic E-state index is 8.99. The zero-order chi connectivity index (χ0) is 12.3. The Hall–Kier alpha value is -1.99. The van der Waals surface area contributed by atoms with Gasteiger partial charge < -0.3 is 14.1 Å². The molecule has 0 fully saturated rings. The smallest absolute Gasteiger partial charge is 0.246 e. The van der Waals surface area contributed by atoms with E-state index in [1.54, 1.807) is 0 Å². The molecule has 0 aliphatic rings. The third kappa shape index (κ3) is 2.40. The summed E-state index contributed by atoms with van der Waals surface area (Å²) in [7, 11) is 3.95. The van der Waals surface area contributed by atoms with E-state index >= 15 is 0 Å². The first-order valence-corrected chi connectivity index (χ1v) is 5.41. The molecule has 1 aromatic carbocycles. The molecule has 0 aliphatic carbocycles. The summed E-state index contributed by atoms with van der Waals surface area (Å²) in [4.78, 5) is 2.02. The summed E-state index contributed by atoms with van der Waals surface area (Å²) in [6.45, 7) is 1.33. The van der Waals surface area contributed by atoms with E-state index in [1.807, 2.05) is 49.3 Å². The topological polar surface area (TPSA) is 49.4 Å². The molecule has 17 heavy (non-hydrogen) atoms. The minimum Gasteiger partial charge on any atom is -0.487 e. The number of fused-ring (bicyclic) bond motifs is 1. The van der Waals surface area contributed by atoms with Crippen molar-refractivity contribution < 1.29 is 9.15 Å². The van der Waals surface area contributed by atoms with Gasteiger partial charge in [0.25, 0.3) is 0 Å². The molecule has 0 unspecified atom stereocenters. The predicted molar refractivity (Wildman–Crippen MR) is 65.0 cm³/mol. The minimum absolute atomic E-state index is 0.241. The van der Waals surface area contributed by atoms with E-state index in [9.17, 15) is 0 Å². The standard InChI is InChI=1S/C13H14N2O2/c1-15(2)7-8-16-13-10-5-3-4-6-11(10)17-12(13)9-14/h3-6H,7-8H2,1-2H3. The fourth-order valence-electron chi connectivity index (χ4n) is 1.57. The van der Waals surface area contributed by atoms with Gasteiger partial charge in [0, 0.05) is 6.54 Å². The lowest BCUT2D eigenvalue weighted by Gasteiger charge is -2.09. The first-order valence-electron chi connectivity index (χ1n) is 5.41. The van der Waals surface area contributed by atoms with Crippen LogP contribution in [0.5, 0.6) is 5.75 Å². The Balaban J connectivity index is 2.28. The van der Waals surface area contributed by atoms with Gasteiger partial charge >= 0.3 is 0 Å². The molecule has 2 rings (SSSR count). The maximum Gasteiger partial charge on any atom is 0.246 e. The van der Waals surface area contributed by atoms with Crippen molar-refractivity contribution in [2.75, 3.05) is 27.2 Å². The van der Waals surface area contributed by atoms with Crippen LogP contribution >= 0.6 is 0 Å². The highest BCUT2D eigenvalue weighted by atomic mass is 16.5. The molecular weight excluding hydrogens is 216 g/mol. The number of para-hydroxylation sites is 1. The summed E-state index contributed by atoms with van der Waals surface area (Å²) in [6, 6.07) is 9.51. The number of nitrogens with zero attached hydrogens (tertiary/aromatic N) is 2.